The molecule has 2 amide bonds. The fraction of sp³-hybridized carbons (Fsp3) is 0.300. The Bertz CT molecular complexity index is 993. The van der Waals surface area contributed by atoms with E-state index in [-0.39, 0.29) is 17.5 Å². The standard InChI is InChI=1S/C10H10N2O4.C10H12N2O2/c1-7(13)11-4-5-16-10-3-2-8(12(14)15)6-9(10)11;1-7(13)12-4-5-14-10-3-2-8(11)6-9(10)12/h2-3,6H,4-5H2,1H3;2-3,6H,4-5,11H2,1H3. The Balaban J connectivity index is 0.000000172. The largest absolute Gasteiger partial charge is 0.490 e. The second-order valence-corrected chi connectivity index (χ2v) is 6.67. The highest BCUT2D eigenvalue weighted by Gasteiger charge is 2.24. The van der Waals surface area contributed by atoms with Crippen molar-refractivity contribution in [2.24, 2.45) is 0 Å². The van der Waals surface area contributed by atoms with Crippen molar-refractivity contribution >= 4 is 34.6 Å². The van der Waals surface area contributed by atoms with Crippen LogP contribution in [0.25, 0.3) is 0 Å². The van der Waals surface area contributed by atoms with E-state index in [2.05, 4.69) is 0 Å². The molecule has 2 heterocycles. The van der Waals surface area contributed by atoms with Gasteiger partial charge in [-0.2, -0.15) is 0 Å². The summed E-state index contributed by atoms with van der Waals surface area (Å²) in [6.07, 6.45) is 0. The van der Waals surface area contributed by atoms with Crippen molar-refractivity contribution in [2.45, 2.75) is 13.8 Å². The first-order valence-corrected chi connectivity index (χ1v) is 9.27. The minimum Gasteiger partial charge on any atom is -0.490 e. The van der Waals surface area contributed by atoms with Crippen molar-refractivity contribution in [3.05, 3.63) is 46.5 Å². The van der Waals surface area contributed by atoms with Crippen LogP contribution in [0.2, 0.25) is 0 Å². The van der Waals surface area contributed by atoms with Crippen molar-refractivity contribution in [3.8, 4) is 11.5 Å². The zero-order chi connectivity index (χ0) is 21.8. The summed E-state index contributed by atoms with van der Waals surface area (Å²) in [6.45, 7) is 4.92. The molecule has 30 heavy (non-hydrogen) atoms. The van der Waals surface area contributed by atoms with Crippen LogP contribution in [0.5, 0.6) is 11.5 Å². The number of hydrogen-bond donors (Lipinski definition) is 1. The topological polar surface area (TPSA) is 128 Å². The van der Waals surface area contributed by atoms with Crippen LogP contribution in [0.15, 0.2) is 36.4 Å². The SMILES string of the molecule is CC(=O)N1CCOc2ccc(N)cc21.CC(=O)N1CCOc2ccc([N+](=O)[O-])cc21. The molecule has 2 aromatic carbocycles. The Hall–Kier alpha value is -3.82. The van der Waals surface area contributed by atoms with Gasteiger partial charge in [0.05, 0.1) is 29.4 Å². The Morgan fingerprint density at radius 2 is 1.43 bits per heavy atom. The zero-order valence-corrected chi connectivity index (χ0v) is 16.7. The lowest BCUT2D eigenvalue weighted by Gasteiger charge is -2.28. The molecule has 2 aliphatic heterocycles. The number of nitrogen functional groups attached to an aromatic ring is 1. The summed E-state index contributed by atoms with van der Waals surface area (Å²) >= 11 is 0. The molecule has 2 aliphatic rings. The summed E-state index contributed by atoms with van der Waals surface area (Å²) in [5.74, 6) is 1.10. The van der Waals surface area contributed by atoms with Crippen molar-refractivity contribution < 1.29 is 24.0 Å². The van der Waals surface area contributed by atoms with Gasteiger partial charge in [-0.1, -0.05) is 0 Å². The van der Waals surface area contributed by atoms with Crippen molar-refractivity contribution in [2.75, 3.05) is 41.8 Å². The molecule has 0 unspecified atom stereocenters. The fourth-order valence-electron chi connectivity index (χ4n) is 3.21. The molecule has 0 radical (unpaired) electrons. The molecule has 158 valence electrons. The van der Waals surface area contributed by atoms with Crippen LogP contribution in [-0.2, 0) is 9.59 Å². The molecule has 0 saturated heterocycles. The molecule has 4 rings (SSSR count). The third kappa shape index (κ3) is 4.43. The fourth-order valence-corrected chi connectivity index (χ4v) is 3.21. The number of hydrogen-bond acceptors (Lipinski definition) is 7. The smallest absolute Gasteiger partial charge is 0.271 e. The van der Waals surface area contributed by atoms with Gasteiger partial charge in [0.25, 0.3) is 5.69 Å². The van der Waals surface area contributed by atoms with E-state index < -0.39 is 4.92 Å². The van der Waals surface area contributed by atoms with Crippen molar-refractivity contribution in [3.63, 3.8) is 0 Å². The number of carbonyl (C=O) groups is 2. The van der Waals surface area contributed by atoms with Gasteiger partial charge in [-0.05, 0) is 24.3 Å². The Morgan fingerprint density at radius 1 is 0.933 bits per heavy atom. The van der Waals surface area contributed by atoms with E-state index in [1.54, 1.807) is 23.1 Å². The number of anilines is 3. The second kappa shape index (κ2) is 8.68. The number of nitrogens with two attached hydrogens (primary N) is 1. The van der Waals surface area contributed by atoms with E-state index in [0.717, 1.165) is 11.4 Å². The quantitative estimate of drug-likeness (QED) is 0.431. The molecular formula is C20H22N4O6. The molecule has 0 bridgehead atoms. The predicted molar refractivity (Wildman–Crippen MR) is 111 cm³/mol. The highest BCUT2D eigenvalue weighted by Crippen LogP contribution is 2.35. The Kier molecular flexibility index (Phi) is 6.05. The number of fused-ring (bicyclic) bond motifs is 2. The van der Waals surface area contributed by atoms with Gasteiger partial charge in [0.15, 0.2) is 0 Å². The molecule has 0 aromatic heterocycles. The third-order valence-electron chi connectivity index (χ3n) is 4.62. The first kappa shape index (κ1) is 20.9. The maximum Gasteiger partial charge on any atom is 0.271 e. The first-order valence-electron chi connectivity index (χ1n) is 9.27. The summed E-state index contributed by atoms with van der Waals surface area (Å²) in [5, 5.41) is 10.6. The minimum atomic E-state index is -0.493. The number of nitro groups is 1. The van der Waals surface area contributed by atoms with Gasteiger partial charge in [0.2, 0.25) is 11.8 Å². The van der Waals surface area contributed by atoms with Gasteiger partial charge in [0.1, 0.15) is 24.7 Å². The number of carbonyl (C=O) groups excluding carboxylic acids is 2. The number of benzene rings is 2. The van der Waals surface area contributed by atoms with Gasteiger partial charge < -0.3 is 25.0 Å². The maximum atomic E-state index is 11.3. The van der Waals surface area contributed by atoms with E-state index in [4.69, 9.17) is 15.2 Å². The van der Waals surface area contributed by atoms with Crippen LogP contribution in [0, 0.1) is 10.1 Å². The van der Waals surface area contributed by atoms with Crippen LogP contribution in [0.3, 0.4) is 0 Å². The highest BCUT2D eigenvalue weighted by molar-refractivity contribution is 5.94. The van der Waals surface area contributed by atoms with E-state index in [0.29, 0.717) is 43.4 Å². The number of ether oxygens (including phenoxy) is 2. The van der Waals surface area contributed by atoms with Crippen LogP contribution in [0.4, 0.5) is 22.7 Å². The van der Waals surface area contributed by atoms with Gasteiger partial charge in [-0.3, -0.25) is 19.7 Å². The van der Waals surface area contributed by atoms with E-state index in [1.807, 2.05) is 0 Å². The molecule has 0 spiro atoms. The normalized spacial score (nSPS) is 14.2. The molecular weight excluding hydrogens is 392 g/mol. The average Bonchev–Trinajstić information content (AvgIpc) is 2.72. The number of nitrogens with zero attached hydrogens (tertiary/aromatic N) is 3. The average molecular weight is 414 g/mol. The Labute approximate surface area is 172 Å². The van der Waals surface area contributed by atoms with E-state index >= 15 is 0 Å². The maximum absolute atomic E-state index is 11.3. The molecule has 0 aliphatic carbocycles. The lowest BCUT2D eigenvalue weighted by atomic mass is 10.2. The van der Waals surface area contributed by atoms with E-state index in [9.17, 15) is 19.7 Å². The predicted octanol–water partition coefficient (Wildman–Crippen LogP) is 2.35. The van der Waals surface area contributed by atoms with Gasteiger partial charge in [-0.15, -0.1) is 0 Å². The number of nitro benzene ring substituents is 1. The van der Waals surface area contributed by atoms with Crippen LogP contribution in [0.1, 0.15) is 13.8 Å². The molecule has 0 atom stereocenters. The molecule has 0 fully saturated rings. The van der Waals surface area contributed by atoms with Crippen LogP contribution < -0.4 is 25.0 Å². The third-order valence-corrected chi connectivity index (χ3v) is 4.62. The van der Waals surface area contributed by atoms with Gasteiger partial charge in [-0.25, -0.2) is 0 Å². The lowest BCUT2D eigenvalue weighted by Crippen LogP contribution is -2.36. The lowest BCUT2D eigenvalue weighted by molar-refractivity contribution is -0.384. The number of non-ortho nitro benzene ring substituents is 1. The van der Waals surface area contributed by atoms with Gasteiger partial charge in [0, 0.05) is 31.7 Å². The van der Waals surface area contributed by atoms with Crippen molar-refractivity contribution in [1.29, 1.82) is 0 Å². The number of amides is 2. The van der Waals surface area contributed by atoms with Gasteiger partial charge >= 0.3 is 0 Å². The monoisotopic (exact) mass is 414 g/mol. The van der Waals surface area contributed by atoms with Crippen molar-refractivity contribution in [1.82, 2.24) is 0 Å². The second-order valence-electron chi connectivity index (χ2n) is 6.67. The molecule has 10 heteroatoms. The molecule has 2 N–H and O–H groups in total. The molecule has 0 saturated carbocycles. The molecule has 10 nitrogen and oxygen atoms in total. The summed E-state index contributed by atoms with van der Waals surface area (Å²) in [4.78, 5) is 35.9. The highest BCUT2D eigenvalue weighted by atomic mass is 16.6. The Morgan fingerprint density at radius 3 is 1.93 bits per heavy atom. The minimum absolute atomic E-state index is 0.0140. The summed E-state index contributed by atoms with van der Waals surface area (Å²) in [7, 11) is 0. The summed E-state index contributed by atoms with van der Waals surface area (Å²) < 4.78 is 10.7. The summed E-state index contributed by atoms with van der Waals surface area (Å²) in [5.41, 5.74) is 7.48. The first-order chi connectivity index (χ1) is 14.3. The number of rotatable bonds is 1. The zero-order valence-electron chi connectivity index (χ0n) is 16.7. The summed E-state index contributed by atoms with van der Waals surface area (Å²) in [6, 6.07) is 9.55. The molecule has 2 aromatic rings. The van der Waals surface area contributed by atoms with E-state index in [1.165, 1.54) is 36.9 Å². The van der Waals surface area contributed by atoms with Crippen LogP contribution in [-0.4, -0.2) is 43.0 Å². The van der Waals surface area contributed by atoms with Crippen LogP contribution >= 0.6 is 0 Å².